The van der Waals surface area contributed by atoms with Crippen molar-refractivity contribution in [2.75, 3.05) is 0 Å². The Balaban J connectivity index is 2.33. The van der Waals surface area contributed by atoms with E-state index in [-0.39, 0.29) is 0 Å². The Bertz CT molecular complexity index is 2130. The van der Waals surface area contributed by atoms with Gasteiger partial charge in [-0.25, -0.2) is 57.5 Å². The van der Waals surface area contributed by atoms with Crippen molar-refractivity contribution in [2.45, 2.75) is 0 Å². The van der Waals surface area contributed by atoms with Gasteiger partial charge in [0.25, 0.3) is 5.69 Å². The van der Waals surface area contributed by atoms with E-state index in [0.717, 1.165) is 24.3 Å². The van der Waals surface area contributed by atoms with Crippen molar-refractivity contribution in [3.8, 4) is 24.3 Å². The highest BCUT2D eigenvalue weighted by Crippen LogP contribution is 2.56. The minimum atomic E-state index is -2.49. The third-order valence-electron chi connectivity index (χ3n) is 6.55. The van der Waals surface area contributed by atoms with Crippen LogP contribution in [-0.4, -0.2) is 0 Å². The second kappa shape index (κ2) is 11.7. The maximum Gasteiger partial charge on any atom is 0.262 e. The highest BCUT2D eigenvalue weighted by molar-refractivity contribution is 6.10. The molecule has 0 aliphatic heterocycles. The van der Waals surface area contributed by atoms with E-state index in [4.69, 9.17) is 22.8 Å². The number of nitrogens with zero attached hydrogens (tertiary/aromatic N) is 5. The topological polar surface area (TPSA) is 126 Å². The second-order valence-electron chi connectivity index (χ2n) is 8.84. The van der Waals surface area contributed by atoms with E-state index in [1.54, 1.807) is 0 Å². The molecule has 1 saturated carbocycles. The average Bonchev–Trinajstić information content (AvgIpc) is 3.77. The minimum absolute atomic E-state index is 0.782. The van der Waals surface area contributed by atoms with Crippen molar-refractivity contribution < 1.29 is 52.7 Å². The summed E-state index contributed by atoms with van der Waals surface area (Å²) in [6.45, 7) is 6.70. The van der Waals surface area contributed by atoms with E-state index < -0.39 is 137 Å². The van der Waals surface area contributed by atoms with Gasteiger partial charge in [-0.2, -0.15) is 21.0 Å². The summed E-state index contributed by atoms with van der Waals surface area (Å²) in [4.78, 5) is 2.24. The molecule has 3 aromatic carbocycles. The van der Waals surface area contributed by atoms with E-state index in [1.165, 1.54) is 0 Å². The van der Waals surface area contributed by atoms with Gasteiger partial charge in [-0.1, -0.05) is 0 Å². The Hall–Kier alpha value is -6.71. The first kappa shape index (κ1) is 33.2. The molecular formula is C29H2F12N6. The number of hydrogen-bond donors (Lipinski definition) is 1. The molecular weight excluding hydrogens is 660 g/mol. The van der Waals surface area contributed by atoms with Crippen LogP contribution in [0.1, 0.15) is 27.8 Å². The molecule has 0 spiro atoms. The molecule has 0 bridgehead atoms. The Morgan fingerprint density at radius 3 is 1.04 bits per heavy atom. The van der Waals surface area contributed by atoms with Gasteiger partial charge in [0.2, 0.25) is 0 Å². The second-order valence-corrected chi connectivity index (χ2v) is 8.84. The number of nitriles is 4. The van der Waals surface area contributed by atoms with E-state index in [0.29, 0.717) is 0 Å². The molecule has 1 aliphatic carbocycles. The van der Waals surface area contributed by atoms with Crippen molar-refractivity contribution in [2.24, 2.45) is 5.73 Å². The third kappa shape index (κ3) is 4.57. The first-order chi connectivity index (χ1) is 22.1. The predicted molar refractivity (Wildman–Crippen MR) is 131 cm³/mol. The quantitative estimate of drug-likeness (QED) is 0.137. The molecule has 47 heavy (non-hydrogen) atoms. The van der Waals surface area contributed by atoms with Crippen LogP contribution in [0.3, 0.4) is 0 Å². The summed E-state index contributed by atoms with van der Waals surface area (Å²) in [6.07, 6.45) is 0. The molecule has 0 atom stereocenters. The van der Waals surface area contributed by atoms with Gasteiger partial charge in [0, 0.05) is 16.7 Å². The summed E-state index contributed by atoms with van der Waals surface area (Å²) in [5.74, 6) is -29.2. The van der Waals surface area contributed by atoms with Gasteiger partial charge in [0.1, 0.15) is 35.4 Å². The van der Waals surface area contributed by atoms with Crippen LogP contribution in [0.15, 0.2) is 16.7 Å². The van der Waals surface area contributed by atoms with E-state index in [2.05, 4.69) is 4.85 Å². The molecule has 2 N–H and O–H groups in total. The highest BCUT2D eigenvalue weighted by atomic mass is 19.2. The summed E-state index contributed by atoms with van der Waals surface area (Å²) in [7, 11) is 0. The lowest BCUT2D eigenvalue weighted by molar-refractivity contribution is 0.446. The molecule has 0 heterocycles. The maximum atomic E-state index is 15.0. The van der Waals surface area contributed by atoms with Crippen LogP contribution in [0.25, 0.3) is 21.7 Å². The van der Waals surface area contributed by atoms with Crippen LogP contribution in [0.4, 0.5) is 58.4 Å². The van der Waals surface area contributed by atoms with E-state index in [9.17, 15) is 63.2 Å². The van der Waals surface area contributed by atoms with Gasteiger partial charge in [0.15, 0.2) is 69.8 Å². The largest absolute Gasteiger partial charge is 0.398 e. The van der Waals surface area contributed by atoms with Crippen LogP contribution in [0.5, 0.6) is 0 Å². The van der Waals surface area contributed by atoms with Gasteiger partial charge in [-0.15, -0.1) is 0 Å². The smallest absolute Gasteiger partial charge is 0.262 e. The zero-order valence-corrected chi connectivity index (χ0v) is 21.8. The first-order valence-corrected chi connectivity index (χ1v) is 11.6. The average molecular weight is 662 g/mol. The van der Waals surface area contributed by atoms with Crippen LogP contribution < -0.4 is 5.73 Å². The number of allylic oxidation sites excluding steroid dienone is 5. The Labute approximate surface area is 252 Å². The Kier molecular flexibility index (Phi) is 8.23. The molecule has 4 rings (SSSR count). The molecule has 0 amide bonds. The molecule has 0 unspecified atom stereocenters. The molecule has 1 fully saturated rings. The van der Waals surface area contributed by atoms with Gasteiger partial charge in [0.05, 0.1) is 40.1 Å². The van der Waals surface area contributed by atoms with Gasteiger partial charge in [-0.05, 0) is 0 Å². The number of halogens is 12. The van der Waals surface area contributed by atoms with Gasteiger partial charge >= 0.3 is 0 Å². The van der Waals surface area contributed by atoms with Crippen molar-refractivity contribution in [3.63, 3.8) is 0 Å². The maximum absolute atomic E-state index is 15.0. The lowest BCUT2D eigenvalue weighted by atomic mass is 9.99. The number of benzene rings is 3. The van der Waals surface area contributed by atoms with Crippen LogP contribution in [0, 0.1) is 122 Å². The third-order valence-corrected chi connectivity index (χ3v) is 6.55. The van der Waals surface area contributed by atoms with Crippen molar-refractivity contribution in [3.05, 3.63) is 126 Å². The zero-order valence-electron chi connectivity index (χ0n) is 21.8. The lowest BCUT2D eigenvalue weighted by Gasteiger charge is -2.09. The molecule has 1 aliphatic rings. The van der Waals surface area contributed by atoms with Crippen molar-refractivity contribution >= 4 is 22.5 Å². The van der Waals surface area contributed by atoms with E-state index >= 15 is 0 Å². The van der Waals surface area contributed by atoms with Crippen LogP contribution in [-0.2, 0) is 0 Å². The number of nitrogens with two attached hydrogens (primary N) is 1. The zero-order chi connectivity index (χ0) is 35.4. The molecule has 3 aromatic rings. The van der Waals surface area contributed by atoms with Crippen LogP contribution >= 0.6 is 0 Å². The highest BCUT2D eigenvalue weighted by Gasteiger charge is 2.45. The minimum Gasteiger partial charge on any atom is -0.398 e. The summed E-state index contributed by atoms with van der Waals surface area (Å²) < 4.78 is 177. The summed E-state index contributed by atoms with van der Waals surface area (Å²) in [5.41, 5.74) is -15.0. The lowest BCUT2D eigenvalue weighted by Crippen LogP contribution is -2.10. The molecule has 0 radical (unpaired) electrons. The van der Waals surface area contributed by atoms with Crippen molar-refractivity contribution in [1.29, 1.82) is 21.0 Å². The summed E-state index contributed by atoms with van der Waals surface area (Å²) in [6, 6.07) is 3.55. The molecule has 18 heteroatoms. The fourth-order valence-electron chi connectivity index (χ4n) is 4.41. The number of rotatable bonds is 3. The molecule has 232 valence electrons. The molecule has 6 nitrogen and oxygen atoms in total. The monoisotopic (exact) mass is 662 g/mol. The fraction of sp³-hybridized carbons (Fsp3) is 0. The van der Waals surface area contributed by atoms with Gasteiger partial charge < -0.3 is 5.73 Å². The first-order valence-electron chi connectivity index (χ1n) is 11.6. The fourth-order valence-corrected chi connectivity index (χ4v) is 4.41. The standard InChI is InChI=1S/C29H2F12N6/c1-47-29-26(40)22(36)13(23(37)27(29)41)7(3-43)11-10(6(2-42)12-20(34)16(30)8(4-44)17(31)21(12)35)14(11)28(46)15-24(38)18(32)9(5-45)19(33)25(15)39/h46H2/b10-6+,11-7-,28-14-. The molecule has 0 saturated heterocycles. The SMILES string of the molecule is [C-]#[N+]c1c(F)c(F)c(/C(C#N)=C2\C(=C(/N)c3c(F)c(F)c(C#N)c(F)c3F)\C2=C(/C#N)c2c(F)c(F)c(C#N)c(F)c2F)c(F)c1F. The normalized spacial score (nSPS) is 15.1. The molecule has 0 aromatic heterocycles. The van der Waals surface area contributed by atoms with Crippen molar-refractivity contribution in [1.82, 2.24) is 0 Å². The Morgan fingerprint density at radius 1 is 0.468 bits per heavy atom. The van der Waals surface area contributed by atoms with Gasteiger partial charge in [-0.3, -0.25) is 0 Å². The summed E-state index contributed by atoms with van der Waals surface area (Å²) >= 11 is 0. The van der Waals surface area contributed by atoms with Crippen LogP contribution in [0.2, 0.25) is 0 Å². The van der Waals surface area contributed by atoms with E-state index in [1.807, 2.05) is 0 Å². The number of hydrogen-bond acceptors (Lipinski definition) is 5. The summed E-state index contributed by atoms with van der Waals surface area (Å²) in [5, 5.41) is 37.2. The Morgan fingerprint density at radius 2 is 0.766 bits per heavy atom. The predicted octanol–water partition coefficient (Wildman–Crippen LogP) is 7.29.